The molecule has 1 aromatic carbocycles. The van der Waals surface area contributed by atoms with Crippen molar-refractivity contribution in [2.45, 2.75) is 6.92 Å². The van der Waals surface area contributed by atoms with E-state index in [0.29, 0.717) is 5.82 Å². The lowest BCUT2D eigenvalue weighted by atomic mass is 10.2. The van der Waals surface area contributed by atoms with Crippen molar-refractivity contribution < 1.29 is 4.39 Å². The molecule has 1 heterocycles. The van der Waals surface area contributed by atoms with Crippen molar-refractivity contribution in [3.63, 3.8) is 0 Å². The van der Waals surface area contributed by atoms with E-state index in [1.165, 1.54) is 12.1 Å². The molecule has 0 fully saturated rings. The van der Waals surface area contributed by atoms with Crippen molar-refractivity contribution in [1.82, 2.24) is 4.98 Å². The number of aromatic nitrogens is 1. The van der Waals surface area contributed by atoms with Crippen molar-refractivity contribution >= 4 is 17.2 Å². The minimum Gasteiger partial charge on any atom is -0.384 e. The highest BCUT2D eigenvalue weighted by Gasteiger charge is 2.07. The molecule has 2 N–H and O–H groups in total. The second kappa shape index (κ2) is 4.82. The van der Waals surface area contributed by atoms with E-state index in [1.54, 1.807) is 24.4 Å². The molecule has 0 saturated heterocycles. The van der Waals surface area contributed by atoms with Gasteiger partial charge in [-0.2, -0.15) is 0 Å². The van der Waals surface area contributed by atoms with E-state index in [2.05, 4.69) is 4.98 Å². The van der Waals surface area contributed by atoms with E-state index in [0.717, 1.165) is 17.9 Å². The highest BCUT2D eigenvalue weighted by Crippen LogP contribution is 2.24. The second-order valence-corrected chi connectivity index (χ2v) is 3.66. The molecule has 88 valence electrons. The van der Waals surface area contributed by atoms with Gasteiger partial charge < -0.3 is 10.6 Å². The molecular formula is C13H14FN3. The fraction of sp³-hybridized carbons (Fsp3) is 0.154. The van der Waals surface area contributed by atoms with E-state index in [-0.39, 0.29) is 5.82 Å². The summed E-state index contributed by atoms with van der Waals surface area (Å²) >= 11 is 0. The highest BCUT2D eigenvalue weighted by atomic mass is 19.1. The number of nitrogen functional groups attached to an aromatic ring is 1. The molecule has 1 aromatic heterocycles. The molecule has 0 aliphatic heterocycles. The minimum atomic E-state index is -0.236. The molecule has 2 rings (SSSR count). The summed E-state index contributed by atoms with van der Waals surface area (Å²) in [6.07, 6.45) is 1.71. The van der Waals surface area contributed by atoms with Crippen LogP contribution >= 0.6 is 0 Å². The standard InChI is InChI=1S/C13H14FN3/c1-2-17(11-5-3-10(14)4-6-11)12-7-8-13(15)16-9-12/h3-9H,2H2,1H3,(H2,15,16). The Morgan fingerprint density at radius 2 is 1.76 bits per heavy atom. The maximum Gasteiger partial charge on any atom is 0.123 e. The van der Waals surface area contributed by atoms with Crippen LogP contribution in [0.4, 0.5) is 21.6 Å². The third-order valence-electron chi connectivity index (χ3n) is 2.54. The zero-order chi connectivity index (χ0) is 12.3. The monoisotopic (exact) mass is 231 g/mol. The van der Waals surface area contributed by atoms with E-state index >= 15 is 0 Å². The third kappa shape index (κ3) is 2.53. The van der Waals surface area contributed by atoms with Crippen LogP contribution < -0.4 is 10.6 Å². The van der Waals surface area contributed by atoms with Crippen LogP contribution in [0.2, 0.25) is 0 Å². The smallest absolute Gasteiger partial charge is 0.123 e. The first kappa shape index (κ1) is 11.4. The quantitative estimate of drug-likeness (QED) is 0.883. The number of anilines is 3. The first-order valence-corrected chi connectivity index (χ1v) is 5.45. The second-order valence-electron chi connectivity index (χ2n) is 3.66. The van der Waals surface area contributed by atoms with Crippen LogP contribution in [0.15, 0.2) is 42.6 Å². The SMILES string of the molecule is CCN(c1ccc(F)cc1)c1ccc(N)nc1. The minimum absolute atomic E-state index is 0.236. The Labute approximate surface area is 99.7 Å². The van der Waals surface area contributed by atoms with Crippen LogP contribution in [0, 0.1) is 5.82 Å². The molecule has 4 heteroatoms. The Morgan fingerprint density at radius 3 is 2.29 bits per heavy atom. The number of nitrogens with zero attached hydrogens (tertiary/aromatic N) is 2. The van der Waals surface area contributed by atoms with Gasteiger partial charge in [0.25, 0.3) is 0 Å². The summed E-state index contributed by atoms with van der Waals surface area (Å²) in [5.41, 5.74) is 7.42. The van der Waals surface area contributed by atoms with Crippen LogP contribution in [0.1, 0.15) is 6.92 Å². The number of hydrogen-bond donors (Lipinski definition) is 1. The third-order valence-corrected chi connectivity index (χ3v) is 2.54. The number of pyridine rings is 1. The van der Waals surface area contributed by atoms with E-state index in [9.17, 15) is 4.39 Å². The number of benzene rings is 1. The predicted octanol–water partition coefficient (Wildman–Crippen LogP) is 2.96. The van der Waals surface area contributed by atoms with Gasteiger partial charge in [0.1, 0.15) is 11.6 Å². The number of hydrogen-bond acceptors (Lipinski definition) is 3. The first-order valence-electron chi connectivity index (χ1n) is 5.45. The van der Waals surface area contributed by atoms with Gasteiger partial charge in [-0.15, -0.1) is 0 Å². The largest absolute Gasteiger partial charge is 0.384 e. The van der Waals surface area contributed by atoms with Gasteiger partial charge in [0.2, 0.25) is 0 Å². The Morgan fingerprint density at radius 1 is 1.12 bits per heavy atom. The summed E-state index contributed by atoms with van der Waals surface area (Å²) in [6, 6.07) is 10.0. The van der Waals surface area contributed by atoms with Crippen LogP contribution in [0.3, 0.4) is 0 Å². The van der Waals surface area contributed by atoms with Gasteiger partial charge in [-0.05, 0) is 43.3 Å². The Bertz CT molecular complexity index is 434. The Balaban J connectivity index is 2.33. The summed E-state index contributed by atoms with van der Waals surface area (Å²) in [5, 5.41) is 0. The van der Waals surface area contributed by atoms with Gasteiger partial charge in [-0.25, -0.2) is 9.37 Å². The van der Waals surface area contributed by atoms with Gasteiger partial charge in [-0.1, -0.05) is 0 Å². The van der Waals surface area contributed by atoms with E-state index in [1.807, 2.05) is 17.9 Å². The molecule has 0 spiro atoms. The van der Waals surface area contributed by atoms with Crippen molar-refractivity contribution in [3.05, 3.63) is 48.4 Å². The van der Waals surface area contributed by atoms with Crippen molar-refractivity contribution in [1.29, 1.82) is 0 Å². The maximum absolute atomic E-state index is 12.9. The normalized spacial score (nSPS) is 10.2. The summed E-state index contributed by atoms with van der Waals surface area (Å²) in [7, 11) is 0. The summed E-state index contributed by atoms with van der Waals surface area (Å²) in [5.74, 6) is 0.254. The van der Waals surface area contributed by atoms with Crippen LogP contribution in [-0.2, 0) is 0 Å². The van der Waals surface area contributed by atoms with Crippen LogP contribution in [0.5, 0.6) is 0 Å². The zero-order valence-corrected chi connectivity index (χ0v) is 9.60. The molecule has 3 nitrogen and oxygen atoms in total. The molecule has 0 radical (unpaired) electrons. The van der Waals surface area contributed by atoms with E-state index < -0.39 is 0 Å². The average Bonchev–Trinajstić information content (AvgIpc) is 2.35. The summed E-state index contributed by atoms with van der Waals surface area (Å²) in [6.45, 7) is 2.80. The molecule has 0 saturated carbocycles. The van der Waals surface area contributed by atoms with E-state index in [4.69, 9.17) is 5.73 Å². The molecular weight excluding hydrogens is 217 g/mol. The van der Waals surface area contributed by atoms with Gasteiger partial charge in [0.15, 0.2) is 0 Å². The molecule has 0 atom stereocenters. The number of nitrogens with two attached hydrogens (primary N) is 1. The molecule has 17 heavy (non-hydrogen) atoms. The number of halogens is 1. The van der Waals surface area contributed by atoms with Crippen molar-refractivity contribution in [3.8, 4) is 0 Å². The van der Waals surface area contributed by atoms with Crippen molar-refractivity contribution in [2.75, 3.05) is 17.2 Å². The van der Waals surface area contributed by atoms with Crippen LogP contribution in [-0.4, -0.2) is 11.5 Å². The Hall–Kier alpha value is -2.10. The predicted molar refractivity (Wildman–Crippen MR) is 67.7 cm³/mol. The lowest BCUT2D eigenvalue weighted by molar-refractivity contribution is 0.628. The number of rotatable bonds is 3. The van der Waals surface area contributed by atoms with Crippen LogP contribution in [0.25, 0.3) is 0 Å². The Kier molecular flexibility index (Phi) is 3.23. The molecule has 2 aromatic rings. The molecule has 0 bridgehead atoms. The molecule has 0 amide bonds. The fourth-order valence-electron chi connectivity index (χ4n) is 1.69. The topological polar surface area (TPSA) is 42.1 Å². The molecule has 0 aliphatic rings. The highest BCUT2D eigenvalue weighted by molar-refractivity contribution is 5.62. The fourth-order valence-corrected chi connectivity index (χ4v) is 1.69. The first-order chi connectivity index (χ1) is 8.20. The lowest BCUT2D eigenvalue weighted by Gasteiger charge is -2.22. The van der Waals surface area contributed by atoms with Gasteiger partial charge in [0.05, 0.1) is 11.9 Å². The van der Waals surface area contributed by atoms with Gasteiger partial charge in [-0.3, -0.25) is 0 Å². The van der Waals surface area contributed by atoms with Gasteiger partial charge >= 0.3 is 0 Å². The molecule has 0 unspecified atom stereocenters. The average molecular weight is 231 g/mol. The summed E-state index contributed by atoms with van der Waals surface area (Å²) < 4.78 is 12.9. The lowest BCUT2D eigenvalue weighted by Crippen LogP contribution is -2.16. The maximum atomic E-state index is 12.9. The zero-order valence-electron chi connectivity index (χ0n) is 9.60. The summed E-state index contributed by atoms with van der Waals surface area (Å²) in [4.78, 5) is 6.09. The molecule has 0 aliphatic carbocycles. The van der Waals surface area contributed by atoms with Crippen molar-refractivity contribution in [2.24, 2.45) is 0 Å². The van der Waals surface area contributed by atoms with Gasteiger partial charge in [0, 0.05) is 12.2 Å².